The van der Waals surface area contributed by atoms with E-state index in [1.54, 1.807) is 23.1 Å². The second-order valence-electron chi connectivity index (χ2n) is 6.65. The van der Waals surface area contributed by atoms with E-state index in [0.717, 1.165) is 16.8 Å². The molecule has 5 heteroatoms. The van der Waals surface area contributed by atoms with Crippen LogP contribution in [-0.2, 0) is 4.79 Å². The van der Waals surface area contributed by atoms with Crippen LogP contribution in [0.25, 0.3) is 6.08 Å². The molecule has 1 saturated heterocycles. The molecule has 1 aliphatic heterocycles. The van der Waals surface area contributed by atoms with Crippen LogP contribution in [0.5, 0.6) is 0 Å². The lowest BCUT2D eigenvalue weighted by molar-refractivity contribution is -0.123. The van der Waals surface area contributed by atoms with Crippen LogP contribution in [0, 0.1) is 5.82 Å². The Labute approximate surface area is 173 Å². The first kappa shape index (κ1) is 19.2. The molecule has 4 rings (SSSR count). The third-order valence-corrected chi connectivity index (χ3v) is 5.64. The molecular formula is C24H19FN2OS. The summed E-state index contributed by atoms with van der Waals surface area (Å²) in [6, 6.07) is 25.4. The Bertz CT molecular complexity index is 1060. The van der Waals surface area contributed by atoms with Crippen molar-refractivity contribution in [1.29, 1.82) is 0 Å². The number of benzene rings is 3. The van der Waals surface area contributed by atoms with Crippen LogP contribution in [0.2, 0.25) is 0 Å². The van der Waals surface area contributed by atoms with Crippen LogP contribution >= 0.6 is 11.8 Å². The molecule has 1 amide bonds. The Morgan fingerprint density at radius 2 is 1.55 bits per heavy atom. The maximum atomic E-state index is 13.3. The van der Waals surface area contributed by atoms with Crippen molar-refractivity contribution in [2.45, 2.75) is 13.0 Å². The van der Waals surface area contributed by atoms with Gasteiger partial charge in [-0.25, -0.2) is 9.38 Å². The zero-order chi connectivity index (χ0) is 20.2. The van der Waals surface area contributed by atoms with Crippen LogP contribution in [0.1, 0.15) is 24.1 Å². The number of amidine groups is 1. The fraction of sp³-hybridized carbons (Fsp3) is 0.0833. The van der Waals surface area contributed by atoms with Crippen LogP contribution in [0.4, 0.5) is 10.1 Å². The van der Waals surface area contributed by atoms with Gasteiger partial charge < -0.3 is 0 Å². The van der Waals surface area contributed by atoms with Gasteiger partial charge in [-0.05, 0) is 60.2 Å². The van der Waals surface area contributed by atoms with Gasteiger partial charge in [-0.3, -0.25) is 9.69 Å². The number of carbonyl (C=O) groups excluding carboxylic acids is 1. The Balaban J connectivity index is 1.74. The largest absolute Gasteiger partial charge is 0.279 e. The van der Waals surface area contributed by atoms with E-state index < -0.39 is 0 Å². The second kappa shape index (κ2) is 8.45. The molecule has 0 N–H and O–H groups in total. The highest BCUT2D eigenvalue weighted by Crippen LogP contribution is 2.39. The van der Waals surface area contributed by atoms with E-state index >= 15 is 0 Å². The molecule has 0 aromatic heterocycles. The number of halogens is 1. The third-order valence-electron chi connectivity index (χ3n) is 4.65. The van der Waals surface area contributed by atoms with Crippen LogP contribution in [0.3, 0.4) is 0 Å². The molecule has 1 heterocycles. The standard InChI is InChI=1S/C24H19FN2OS/c1-17(19-8-4-2-5-9-19)27-23(28)22(16-18-12-14-20(25)15-13-18)29-24(27)26-21-10-6-3-7-11-21/h2-17H,1H3/b22-16+,26-24?/t17-/m1/s1. The van der Waals surface area contributed by atoms with Crippen LogP contribution in [-0.4, -0.2) is 16.0 Å². The minimum Gasteiger partial charge on any atom is -0.279 e. The normalized spacial score (nSPS) is 17.9. The summed E-state index contributed by atoms with van der Waals surface area (Å²) in [5.41, 5.74) is 2.59. The summed E-state index contributed by atoms with van der Waals surface area (Å²) in [5, 5.41) is 0.630. The van der Waals surface area contributed by atoms with Crippen LogP contribution < -0.4 is 0 Å². The SMILES string of the molecule is C[C@H](c1ccccc1)N1C(=O)/C(=C\c2ccc(F)cc2)SC1=Nc1ccccc1. The average molecular weight is 402 g/mol. The first-order valence-corrected chi connectivity index (χ1v) is 10.1. The molecule has 0 bridgehead atoms. The molecule has 1 fully saturated rings. The Morgan fingerprint density at radius 1 is 0.931 bits per heavy atom. The summed E-state index contributed by atoms with van der Waals surface area (Å²) in [6.45, 7) is 2.00. The monoisotopic (exact) mass is 402 g/mol. The van der Waals surface area contributed by atoms with Crippen molar-refractivity contribution >= 4 is 34.6 Å². The first-order chi connectivity index (χ1) is 14.1. The molecule has 3 aromatic carbocycles. The number of hydrogen-bond donors (Lipinski definition) is 0. The number of aliphatic imine (C=N–C) groups is 1. The van der Waals surface area contributed by atoms with Crippen molar-refractivity contribution < 1.29 is 9.18 Å². The van der Waals surface area contributed by atoms with Gasteiger partial charge in [-0.1, -0.05) is 60.7 Å². The Kier molecular flexibility index (Phi) is 5.58. The number of nitrogens with zero attached hydrogens (tertiary/aromatic N) is 2. The van der Waals surface area contributed by atoms with Gasteiger partial charge in [0.1, 0.15) is 5.82 Å². The van der Waals surface area contributed by atoms with Gasteiger partial charge in [-0.2, -0.15) is 0 Å². The minimum absolute atomic E-state index is 0.106. The minimum atomic E-state index is -0.303. The summed E-state index contributed by atoms with van der Waals surface area (Å²) in [4.78, 5) is 20.3. The molecule has 0 radical (unpaired) electrons. The number of thioether (sulfide) groups is 1. The molecular weight excluding hydrogens is 383 g/mol. The molecule has 3 nitrogen and oxygen atoms in total. The van der Waals surface area contributed by atoms with E-state index in [-0.39, 0.29) is 17.8 Å². The van der Waals surface area contributed by atoms with Gasteiger partial charge in [-0.15, -0.1) is 0 Å². The summed E-state index contributed by atoms with van der Waals surface area (Å²) < 4.78 is 13.2. The van der Waals surface area contributed by atoms with Gasteiger partial charge in [0.25, 0.3) is 5.91 Å². The molecule has 0 spiro atoms. The van der Waals surface area contributed by atoms with Crippen molar-refractivity contribution in [3.8, 4) is 0 Å². The lowest BCUT2D eigenvalue weighted by Crippen LogP contribution is -2.32. The maximum Gasteiger partial charge on any atom is 0.267 e. The molecule has 29 heavy (non-hydrogen) atoms. The van der Waals surface area contributed by atoms with Gasteiger partial charge in [0.05, 0.1) is 16.6 Å². The Morgan fingerprint density at radius 3 is 2.21 bits per heavy atom. The summed E-state index contributed by atoms with van der Waals surface area (Å²) >= 11 is 1.34. The number of amides is 1. The van der Waals surface area contributed by atoms with Crippen molar-refractivity contribution in [1.82, 2.24) is 4.90 Å². The van der Waals surface area contributed by atoms with E-state index in [4.69, 9.17) is 4.99 Å². The number of para-hydroxylation sites is 1. The Hall–Kier alpha value is -3.18. The lowest BCUT2D eigenvalue weighted by Gasteiger charge is -2.24. The van der Waals surface area contributed by atoms with Gasteiger partial charge >= 0.3 is 0 Å². The maximum absolute atomic E-state index is 13.3. The van der Waals surface area contributed by atoms with Crippen LogP contribution in [0.15, 0.2) is 94.8 Å². The second-order valence-corrected chi connectivity index (χ2v) is 7.66. The van der Waals surface area contributed by atoms with Gasteiger partial charge in [0, 0.05) is 0 Å². The molecule has 3 aromatic rings. The molecule has 0 aliphatic carbocycles. The third kappa shape index (κ3) is 4.30. The predicted molar refractivity (Wildman–Crippen MR) is 117 cm³/mol. The highest BCUT2D eigenvalue weighted by molar-refractivity contribution is 8.18. The quantitative estimate of drug-likeness (QED) is 0.487. The molecule has 0 unspecified atom stereocenters. The smallest absolute Gasteiger partial charge is 0.267 e. The van der Waals surface area contributed by atoms with E-state index in [2.05, 4.69) is 0 Å². The van der Waals surface area contributed by atoms with Crippen molar-refractivity contribution in [2.75, 3.05) is 0 Å². The predicted octanol–water partition coefficient (Wildman–Crippen LogP) is 6.19. The molecule has 0 saturated carbocycles. The van der Waals surface area contributed by atoms with Crippen molar-refractivity contribution in [3.63, 3.8) is 0 Å². The number of carbonyl (C=O) groups is 1. The number of rotatable bonds is 4. The summed E-state index contributed by atoms with van der Waals surface area (Å²) in [6.07, 6.45) is 1.78. The first-order valence-electron chi connectivity index (χ1n) is 9.29. The van der Waals surface area contributed by atoms with E-state index in [0.29, 0.717) is 10.1 Å². The van der Waals surface area contributed by atoms with E-state index in [9.17, 15) is 9.18 Å². The zero-order valence-corrected chi connectivity index (χ0v) is 16.6. The van der Waals surface area contributed by atoms with Gasteiger partial charge in [0.2, 0.25) is 0 Å². The number of hydrogen-bond acceptors (Lipinski definition) is 3. The van der Waals surface area contributed by atoms with Gasteiger partial charge in [0.15, 0.2) is 5.17 Å². The molecule has 1 atom stereocenters. The molecule has 144 valence electrons. The molecule has 1 aliphatic rings. The fourth-order valence-corrected chi connectivity index (χ4v) is 4.18. The lowest BCUT2D eigenvalue weighted by atomic mass is 10.1. The topological polar surface area (TPSA) is 32.7 Å². The van der Waals surface area contributed by atoms with Crippen molar-refractivity contribution in [2.24, 2.45) is 4.99 Å². The zero-order valence-electron chi connectivity index (χ0n) is 15.8. The highest BCUT2D eigenvalue weighted by atomic mass is 32.2. The highest BCUT2D eigenvalue weighted by Gasteiger charge is 2.37. The van der Waals surface area contributed by atoms with E-state index in [1.807, 2.05) is 67.6 Å². The fourth-order valence-electron chi connectivity index (χ4n) is 3.11. The summed E-state index contributed by atoms with van der Waals surface area (Å²) in [5.74, 6) is -0.409. The van der Waals surface area contributed by atoms with Crippen molar-refractivity contribution in [3.05, 3.63) is 107 Å². The average Bonchev–Trinajstić information content (AvgIpc) is 3.05. The summed E-state index contributed by atoms with van der Waals surface area (Å²) in [7, 11) is 0. The van der Waals surface area contributed by atoms with E-state index in [1.165, 1.54) is 23.9 Å².